The monoisotopic (exact) mass is 270 g/mol. The zero-order chi connectivity index (χ0) is 14.4. The largest absolute Gasteiger partial charge is 0.497 e. The number of hydrogen-bond donors (Lipinski definition) is 1. The molecule has 0 fully saturated rings. The zero-order valence-corrected chi connectivity index (χ0v) is 12.3. The van der Waals surface area contributed by atoms with E-state index >= 15 is 0 Å². The Morgan fingerprint density at radius 2 is 1.70 bits per heavy atom. The first-order chi connectivity index (χ1) is 9.74. The Balaban J connectivity index is 2.08. The molecule has 0 aliphatic rings. The van der Waals surface area contributed by atoms with E-state index in [0.29, 0.717) is 12.1 Å². The molecule has 0 amide bonds. The number of hydrogen-bond acceptors (Lipinski definition) is 3. The summed E-state index contributed by atoms with van der Waals surface area (Å²) >= 11 is 0. The number of ether oxygens (including phenoxy) is 1. The Labute approximate surface area is 121 Å². The molecule has 3 heteroatoms. The summed E-state index contributed by atoms with van der Waals surface area (Å²) in [7, 11) is 1.69. The molecule has 0 spiro atoms. The highest BCUT2D eigenvalue weighted by molar-refractivity contribution is 5.29. The third-order valence-corrected chi connectivity index (χ3v) is 3.58. The Hall–Kier alpha value is -1.87. The second kappa shape index (κ2) is 7.06. The van der Waals surface area contributed by atoms with Crippen LogP contribution in [-0.4, -0.2) is 12.1 Å². The van der Waals surface area contributed by atoms with E-state index in [-0.39, 0.29) is 0 Å². The van der Waals surface area contributed by atoms with E-state index in [1.54, 1.807) is 7.11 Å². The molecule has 0 aliphatic carbocycles. The van der Waals surface area contributed by atoms with Gasteiger partial charge in [-0.05, 0) is 48.7 Å². The van der Waals surface area contributed by atoms with Gasteiger partial charge in [-0.2, -0.15) is 0 Å². The number of nitrogens with zero attached hydrogens (tertiary/aromatic N) is 1. The van der Waals surface area contributed by atoms with Gasteiger partial charge in [0, 0.05) is 24.5 Å². The van der Waals surface area contributed by atoms with Crippen molar-refractivity contribution in [1.29, 1.82) is 0 Å². The highest BCUT2D eigenvalue weighted by atomic mass is 16.5. The molecular weight excluding hydrogens is 248 g/mol. The van der Waals surface area contributed by atoms with Gasteiger partial charge in [0.05, 0.1) is 7.11 Å². The van der Waals surface area contributed by atoms with E-state index in [0.717, 1.165) is 12.2 Å². The van der Waals surface area contributed by atoms with Crippen molar-refractivity contribution < 1.29 is 4.74 Å². The van der Waals surface area contributed by atoms with Crippen LogP contribution in [0.4, 0.5) is 0 Å². The lowest BCUT2D eigenvalue weighted by Gasteiger charge is -2.23. The van der Waals surface area contributed by atoms with Crippen molar-refractivity contribution in [3.8, 4) is 5.75 Å². The van der Waals surface area contributed by atoms with Crippen LogP contribution in [0.3, 0.4) is 0 Å². The molecule has 0 radical (unpaired) electrons. The van der Waals surface area contributed by atoms with E-state index in [1.807, 2.05) is 24.5 Å². The quantitative estimate of drug-likeness (QED) is 0.864. The van der Waals surface area contributed by atoms with Crippen LogP contribution in [0, 0.1) is 0 Å². The summed E-state index contributed by atoms with van der Waals surface area (Å²) in [5.41, 5.74) is 2.54. The van der Waals surface area contributed by atoms with Crippen molar-refractivity contribution in [2.75, 3.05) is 7.11 Å². The normalized spacial score (nSPS) is 13.8. The first-order valence-corrected chi connectivity index (χ1v) is 7.04. The van der Waals surface area contributed by atoms with E-state index in [9.17, 15) is 0 Å². The van der Waals surface area contributed by atoms with Gasteiger partial charge in [-0.1, -0.05) is 19.1 Å². The Bertz CT molecular complexity index is 510. The van der Waals surface area contributed by atoms with E-state index in [1.165, 1.54) is 11.1 Å². The number of aromatic nitrogens is 1. The molecule has 3 nitrogen and oxygen atoms in total. The summed E-state index contributed by atoms with van der Waals surface area (Å²) < 4.78 is 5.21. The third kappa shape index (κ3) is 3.58. The van der Waals surface area contributed by atoms with Gasteiger partial charge in [0.15, 0.2) is 0 Å². The molecule has 106 valence electrons. The van der Waals surface area contributed by atoms with Crippen molar-refractivity contribution in [2.45, 2.75) is 32.4 Å². The van der Waals surface area contributed by atoms with Gasteiger partial charge < -0.3 is 10.1 Å². The molecule has 0 bridgehead atoms. The molecular formula is C17H22N2O. The molecule has 2 unspecified atom stereocenters. The lowest BCUT2D eigenvalue weighted by atomic mass is 10.0. The van der Waals surface area contributed by atoms with Crippen molar-refractivity contribution >= 4 is 0 Å². The number of benzene rings is 1. The zero-order valence-electron chi connectivity index (χ0n) is 12.3. The van der Waals surface area contributed by atoms with Crippen LogP contribution < -0.4 is 10.1 Å². The SMILES string of the molecule is CCC(NC(C)c1ccncc1)c1ccc(OC)cc1. The minimum atomic E-state index is 0.296. The predicted molar refractivity (Wildman–Crippen MR) is 81.8 cm³/mol. The topological polar surface area (TPSA) is 34.2 Å². The number of nitrogens with one attached hydrogen (secondary N) is 1. The minimum Gasteiger partial charge on any atom is -0.497 e. The summed E-state index contributed by atoms with van der Waals surface area (Å²) in [4.78, 5) is 4.06. The summed E-state index contributed by atoms with van der Waals surface area (Å²) in [6.45, 7) is 4.38. The molecule has 1 heterocycles. The van der Waals surface area contributed by atoms with Crippen molar-refractivity contribution in [3.05, 3.63) is 59.9 Å². The fourth-order valence-electron chi connectivity index (χ4n) is 2.34. The molecule has 2 atom stereocenters. The van der Waals surface area contributed by atoms with Crippen LogP contribution in [-0.2, 0) is 0 Å². The summed E-state index contributed by atoms with van der Waals surface area (Å²) in [6.07, 6.45) is 4.71. The van der Waals surface area contributed by atoms with Gasteiger partial charge >= 0.3 is 0 Å². The highest BCUT2D eigenvalue weighted by Gasteiger charge is 2.13. The maximum absolute atomic E-state index is 5.21. The number of methoxy groups -OCH3 is 1. The molecule has 1 aromatic carbocycles. The van der Waals surface area contributed by atoms with Crippen LogP contribution in [0.5, 0.6) is 5.75 Å². The van der Waals surface area contributed by atoms with Gasteiger partial charge in [0.2, 0.25) is 0 Å². The number of rotatable bonds is 6. The van der Waals surface area contributed by atoms with Crippen molar-refractivity contribution in [2.24, 2.45) is 0 Å². The van der Waals surface area contributed by atoms with Crippen LogP contribution in [0.1, 0.15) is 43.5 Å². The maximum Gasteiger partial charge on any atom is 0.118 e. The Morgan fingerprint density at radius 1 is 1.05 bits per heavy atom. The average Bonchev–Trinajstić information content (AvgIpc) is 2.53. The summed E-state index contributed by atoms with van der Waals surface area (Å²) in [5, 5.41) is 3.67. The minimum absolute atomic E-state index is 0.296. The molecule has 2 rings (SSSR count). The Kier molecular flexibility index (Phi) is 5.13. The summed E-state index contributed by atoms with van der Waals surface area (Å²) in [6, 6.07) is 13.0. The van der Waals surface area contributed by atoms with Crippen molar-refractivity contribution in [1.82, 2.24) is 10.3 Å². The fourth-order valence-corrected chi connectivity index (χ4v) is 2.34. The predicted octanol–water partition coefficient (Wildman–Crippen LogP) is 3.89. The lowest BCUT2D eigenvalue weighted by molar-refractivity contribution is 0.413. The van der Waals surface area contributed by atoms with Gasteiger partial charge in [-0.3, -0.25) is 4.98 Å². The highest BCUT2D eigenvalue weighted by Crippen LogP contribution is 2.23. The average molecular weight is 270 g/mol. The second-order valence-electron chi connectivity index (χ2n) is 4.90. The van der Waals surface area contributed by atoms with Crippen LogP contribution >= 0.6 is 0 Å². The molecule has 1 N–H and O–H groups in total. The molecule has 0 saturated heterocycles. The molecule has 0 saturated carbocycles. The molecule has 20 heavy (non-hydrogen) atoms. The first kappa shape index (κ1) is 14.5. The van der Waals surface area contributed by atoms with Gasteiger partial charge in [0.25, 0.3) is 0 Å². The summed E-state index contributed by atoms with van der Waals surface area (Å²) in [5.74, 6) is 0.894. The first-order valence-electron chi connectivity index (χ1n) is 7.04. The molecule has 1 aromatic heterocycles. The Morgan fingerprint density at radius 3 is 2.25 bits per heavy atom. The van der Waals surface area contributed by atoms with Gasteiger partial charge in [-0.25, -0.2) is 0 Å². The van der Waals surface area contributed by atoms with Crippen LogP contribution in [0.25, 0.3) is 0 Å². The van der Waals surface area contributed by atoms with Crippen LogP contribution in [0.15, 0.2) is 48.8 Å². The van der Waals surface area contributed by atoms with Gasteiger partial charge in [-0.15, -0.1) is 0 Å². The van der Waals surface area contributed by atoms with E-state index in [4.69, 9.17) is 4.74 Å². The van der Waals surface area contributed by atoms with E-state index < -0.39 is 0 Å². The lowest BCUT2D eigenvalue weighted by Crippen LogP contribution is -2.24. The van der Waals surface area contributed by atoms with Crippen molar-refractivity contribution in [3.63, 3.8) is 0 Å². The number of pyridine rings is 1. The second-order valence-corrected chi connectivity index (χ2v) is 4.90. The third-order valence-electron chi connectivity index (χ3n) is 3.58. The molecule has 0 aliphatic heterocycles. The van der Waals surface area contributed by atoms with E-state index in [2.05, 4.69) is 48.4 Å². The van der Waals surface area contributed by atoms with Gasteiger partial charge in [0.1, 0.15) is 5.75 Å². The smallest absolute Gasteiger partial charge is 0.118 e. The standard InChI is InChI=1S/C17H22N2O/c1-4-17(15-5-7-16(20-3)8-6-15)19-13(2)14-9-11-18-12-10-14/h5-13,17,19H,4H2,1-3H3. The van der Waals surface area contributed by atoms with Crippen LogP contribution in [0.2, 0.25) is 0 Å². The fraction of sp³-hybridized carbons (Fsp3) is 0.353. The molecule has 2 aromatic rings. The maximum atomic E-state index is 5.21.